The number of carboxylic acid groups (broad SMARTS) is 1. The predicted octanol–water partition coefficient (Wildman–Crippen LogP) is 2.15. The van der Waals surface area contributed by atoms with Gasteiger partial charge < -0.3 is 10.2 Å². The average molecular weight is 208 g/mol. The van der Waals surface area contributed by atoms with Crippen molar-refractivity contribution in [2.75, 3.05) is 0 Å². The summed E-state index contributed by atoms with van der Waals surface area (Å²) in [5, 5.41) is 19.0. The van der Waals surface area contributed by atoms with Crippen molar-refractivity contribution in [2.24, 2.45) is 0 Å². The largest absolute Gasteiger partial charge is 0.481 e. The van der Waals surface area contributed by atoms with E-state index < -0.39 is 11.6 Å². The van der Waals surface area contributed by atoms with Crippen LogP contribution in [0.5, 0.6) is 0 Å². The molecule has 0 heterocycles. The molecule has 0 saturated carbocycles. The van der Waals surface area contributed by atoms with Crippen LogP contribution in [0.3, 0.4) is 0 Å². The Balaban J connectivity index is 2.95. The van der Waals surface area contributed by atoms with Crippen molar-refractivity contribution >= 4 is 5.97 Å². The third kappa shape index (κ3) is 3.06. The smallest absolute Gasteiger partial charge is 0.306 e. The molecule has 0 aliphatic rings. The van der Waals surface area contributed by atoms with Gasteiger partial charge in [0.15, 0.2) is 0 Å². The quantitative estimate of drug-likeness (QED) is 0.779. The SMILES string of the molecule is CCCC(O)(CC(=O)O)c1ccccc1. The molecule has 3 heteroatoms. The molecule has 0 spiro atoms. The van der Waals surface area contributed by atoms with Crippen LogP contribution >= 0.6 is 0 Å². The minimum absolute atomic E-state index is 0.245. The number of rotatable bonds is 5. The van der Waals surface area contributed by atoms with Crippen molar-refractivity contribution in [1.82, 2.24) is 0 Å². The second-order valence-corrected chi connectivity index (χ2v) is 3.72. The highest BCUT2D eigenvalue weighted by molar-refractivity contribution is 5.68. The Hall–Kier alpha value is -1.35. The van der Waals surface area contributed by atoms with E-state index >= 15 is 0 Å². The van der Waals surface area contributed by atoms with Gasteiger partial charge in [-0.25, -0.2) is 0 Å². The molecule has 82 valence electrons. The first-order valence-corrected chi connectivity index (χ1v) is 5.08. The maximum Gasteiger partial charge on any atom is 0.306 e. The zero-order valence-corrected chi connectivity index (χ0v) is 8.81. The Morgan fingerprint density at radius 3 is 2.40 bits per heavy atom. The normalized spacial score (nSPS) is 14.5. The summed E-state index contributed by atoms with van der Waals surface area (Å²) < 4.78 is 0. The molecule has 1 rings (SSSR count). The predicted molar refractivity (Wildman–Crippen MR) is 57.5 cm³/mol. The van der Waals surface area contributed by atoms with Crippen LogP contribution in [-0.2, 0) is 10.4 Å². The summed E-state index contributed by atoms with van der Waals surface area (Å²) in [6.45, 7) is 1.93. The monoisotopic (exact) mass is 208 g/mol. The lowest BCUT2D eigenvalue weighted by Crippen LogP contribution is -2.28. The first-order valence-electron chi connectivity index (χ1n) is 5.08. The Bertz CT molecular complexity index is 321. The summed E-state index contributed by atoms with van der Waals surface area (Å²) in [5.74, 6) is -0.977. The second-order valence-electron chi connectivity index (χ2n) is 3.72. The lowest BCUT2D eigenvalue weighted by atomic mass is 9.86. The van der Waals surface area contributed by atoms with E-state index in [4.69, 9.17) is 5.11 Å². The lowest BCUT2D eigenvalue weighted by molar-refractivity contribution is -0.143. The first-order chi connectivity index (χ1) is 7.08. The van der Waals surface area contributed by atoms with Crippen molar-refractivity contribution in [2.45, 2.75) is 31.8 Å². The molecule has 0 fully saturated rings. The molecule has 2 N–H and O–H groups in total. The number of hydrogen-bond donors (Lipinski definition) is 2. The van der Waals surface area contributed by atoms with Crippen LogP contribution in [-0.4, -0.2) is 16.2 Å². The molecule has 1 unspecified atom stereocenters. The minimum Gasteiger partial charge on any atom is -0.481 e. The molecule has 15 heavy (non-hydrogen) atoms. The van der Waals surface area contributed by atoms with Crippen molar-refractivity contribution in [1.29, 1.82) is 0 Å². The van der Waals surface area contributed by atoms with Gasteiger partial charge in [-0.1, -0.05) is 43.7 Å². The number of hydrogen-bond acceptors (Lipinski definition) is 2. The number of aliphatic hydroxyl groups is 1. The molecule has 0 aliphatic carbocycles. The van der Waals surface area contributed by atoms with Gasteiger partial charge in [0.25, 0.3) is 0 Å². The summed E-state index contributed by atoms with van der Waals surface area (Å²) >= 11 is 0. The van der Waals surface area contributed by atoms with E-state index in [0.29, 0.717) is 12.0 Å². The van der Waals surface area contributed by atoms with Gasteiger partial charge in [0, 0.05) is 0 Å². The van der Waals surface area contributed by atoms with Gasteiger partial charge in [0.05, 0.1) is 6.42 Å². The van der Waals surface area contributed by atoms with Crippen molar-refractivity contribution in [3.8, 4) is 0 Å². The highest BCUT2D eigenvalue weighted by Crippen LogP contribution is 2.29. The lowest BCUT2D eigenvalue weighted by Gasteiger charge is -2.26. The van der Waals surface area contributed by atoms with E-state index in [-0.39, 0.29) is 6.42 Å². The zero-order chi connectivity index (χ0) is 11.3. The third-order valence-corrected chi connectivity index (χ3v) is 2.42. The molecule has 3 nitrogen and oxygen atoms in total. The van der Waals surface area contributed by atoms with E-state index in [9.17, 15) is 9.90 Å². The van der Waals surface area contributed by atoms with E-state index in [0.717, 1.165) is 6.42 Å². The van der Waals surface area contributed by atoms with Crippen LogP contribution in [0.15, 0.2) is 30.3 Å². The fraction of sp³-hybridized carbons (Fsp3) is 0.417. The molecule has 1 aromatic rings. The highest BCUT2D eigenvalue weighted by Gasteiger charge is 2.30. The summed E-state index contributed by atoms with van der Waals surface area (Å²) in [7, 11) is 0. The van der Waals surface area contributed by atoms with Crippen LogP contribution in [0.1, 0.15) is 31.7 Å². The zero-order valence-electron chi connectivity index (χ0n) is 8.81. The van der Waals surface area contributed by atoms with E-state index in [1.807, 2.05) is 13.0 Å². The van der Waals surface area contributed by atoms with Crippen molar-refractivity contribution < 1.29 is 15.0 Å². The van der Waals surface area contributed by atoms with Gasteiger partial charge in [0.2, 0.25) is 0 Å². The Kier molecular flexibility index (Phi) is 3.86. The summed E-state index contributed by atoms with van der Waals surface area (Å²) in [6.07, 6.45) is 0.965. The van der Waals surface area contributed by atoms with Crippen LogP contribution in [0.2, 0.25) is 0 Å². The molecule has 0 radical (unpaired) electrons. The Morgan fingerprint density at radius 2 is 1.93 bits per heavy atom. The molecular weight excluding hydrogens is 192 g/mol. The molecule has 1 aromatic carbocycles. The molecule has 0 saturated heterocycles. The van der Waals surface area contributed by atoms with E-state index in [2.05, 4.69) is 0 Å². The molecule has 0 amide bonds. The maximum absolute atomic E-state index is 10.7. The van der Waals surface area contributed by atoms with Gasteiger partial charge in [0.1, 0.15) is 5.60 Å². The molecule has 1 atom stereocenters. The summed E-state index contributed by atoms with van der Waals surface area (Å²) in [6, 6.07) is 8.98. The topological polar surface area (TPSA) is 57.5 Å². The summed E-state index contributed by atoms with van der Waals surface area (Å²) in [4.78, 5) is 10.7. The molecule has 0 bridgehead atoms. The van der Waals surface area contributed by atoms with Crippen LogP contribution in [0, 0.1) is 0 Å². The number of carbonyl (C=O) groups is 1. The van der Waals surface area contributed by atoms with Gasteiger partial charge in [-0.05, 0) is 12.0 Å². The number of aliphatic carboxylic acids is 1. The first kappa shape index (κ1) is 11.7. The third-order valence-electron chi connectivity index (χ3n) is 2.42. The van der Waals surface area contributed by atoms with Crippen molar-refractivity contribution in [3.05, 3.63) is 35.9 Å². The van der Waals surface area contributed by atoms with Crippen LogP contribution in [0.25, 0.3) is 0 Å². The van der Waals surface area contributed by atoms with Crippen LogP contribution < -0.4 is 0 Å². The van der Waals surface area contributed by atoms with Gasteiger partial charge in [-0.15, -0.1) is 0 Å². The molecule has 0 aromatic heterocycles. The molecular formula is C12H16O3. The minimum atomic E-state index is -1.23. The number of carboxylic acids is 1. The summed E-state index contributed by atoms with van der Waals surface area (Å²) in [5.41, 5.74) is -0.559. The molecule has 0 aliphatic heterocycles. The van der Waals surface area contributed by atoms with Gasteiger partial charge >= 0.3 is 5.97 Å². The van der Waals surface area contributed by atoms with E-state index in [1.165, 1.54) is 0 Å². The fourth-order valence-corrected chi connectivity index (χ4v) is 1.75. The highest BCUT2D eigenvalue weighted by atomic mass is 16.4. The maximum atomic E-state index is 10.7. The van der Waals surface area contributed by atoms with E-state index in [1.54, 1.807) is 24.3 Å². The average Bonchev–Trinajstić information content (AvgIpc) is 2.18. The van der Waals surface area contributed by atoms with Gasteiger partial charge in [-0.2, -0.15) is 0 Å². The fourth-order valence-electron chi connectivity index (χ4n) is 1.75. The van der Waals surface area contributed by atoms with Crippen LogP contribution in [0.4, 0.5) is 0 Å². The van der Waals surface area contributed by atoms with Gasteiger partial charge in [-0.3, -0.25) is 4.79 Å². The van der Waals surface area contributed by atoms with Crippen molar-refractivity contribution in [3.63, 3.8) is 0 Å². The Morgan fingerprint density at radius 1 is 1.33 bits per heavy atom. The second kappa shape index (κ2) is 4.94. The standard InChI is InChI=1S/C12H16O3/c1-2-8-12(15,9-11(13)14)10-6-4-3-5-7-10/h3-7,15H,2,8-9H2,1H3,(H,13,14). The Labute approximate surface area is 89.4 Å². The number of benzene rings is 1.